The monoisotopic (exact) mass is 468 g/mol. The summed E-state index contributed by atoms with van der Waals surface area (Å²) in [5.41, 5.74) is 3.63. The Morgan fingerprint density at radius 1 is 0.971 bits per heavy atom. The fourth-order valence-electron chi connectivity index (χ4n) is 4.46. The second-order valence-corrected chi connectivity index (χ2v) is 8.63. The van der Waals surface area contributed by atoms with E-state index in [9.17, 15) is 19.5 Å². The van der Waals surface area contributed by atoms with Crippen LogP contribution in [-0.4, -0.2) is 54.0 Å². The third-order valence-corrected chi connectivity index (χ3v) is 6.66. The summed E-state index contributed by atoms with van der Waals surface area (Å²) >= 11 is 0. The average molecular weight is 469 g/mol. The van der Waals surface area contributed by atoms with Crippen molar-refractivity contribution < 1.29 is 29.3 Å². The minimum atomic E-state index is -1.18. The van der Waals surface area contributed by atoms with Crippen molar-refractivity contribution in [2.24, 2.45) is 5.41 Å². The Bertz CT molecular complexity index is 988. The average Bonchev–Trinajstić information content (AvgIpc) is 3.15. The maximum Gasteiger partial charge on any atom is 0.407 e. The number of amides is 2. The van der Waals surface area contributed by atoms with Crippen LogP contribution in [0.15, 0.2) is 48.5 Å². The van der Waals surface area contributed by atoms with Gasteiger partial charge in [-0.15, -0.1) is 0 Å². The minimum absolute atomic E-state index is 0.0562. The van der Waals surface area contributed by atoms with Gasteiger partial charge in [-0.2, -0.15) is 0 Å². The maximum atomic E-state index is 12.8. The van der Waals surface area contributed by atoms with Crippen molar-refractivity contribution in [1.82, 2.24) is 10.6 Å². The lowest BCUT2D eigenvalue weighted by molar-refractivity contribution is -0.140. The highest BCUT2D eigenvalue weighted by Gasteiger charge is 2.36. The fourth-order valence-corrected chi connectivity index (χ4v) is 4.46. The molecular weight excluding hydrogens is 436 g/mol. The van der Waals surface area contributed by atoms with Crippen molar-refractivity contribution >= 4 is 18.0 Å². The number of ether oxygens (including phenoxy) is 1. The highest BCUT2D eigenvalue weighted by atomic mass is 16.5. The van der Waals surface area contributed by atoms with Gasteiger partial charge in [-0.05, 0) is 35.1 Å². The van der Waals surface area contributed by atoms with Crippen molar-refractivity contribution in [2.45, 2.75) is 45.1 Å². The van der Waals surface area contributed by atoms with Gasteiger partial charge < -0.3 is 25.6 Å². The molecule has 1 aliphatic rings. The van der Waals surface area contributed by atoms with Crippen molar-refractivity contribution in [3.8, 4) is 11.1 Å². The number of carboxylic acid groups (broad SMARTS) is 1. The third kappa shape index (κ3) is 5.56. The van der Waals surface area contributed by atoms with E-state index in [1.54, 1.807) is 0 Å². The summed E-state index contributed by atoms with van der Waals surface area (Å²) in [6.07, 6.45) is -1.33. The second kappa shape index (κ2) is 11.2. The largest absolute Gasteiger partial charge is 0.481 e. The number of carbonyl (C=O) groups excluding carboxylic acids is 2. The van der Waals surface area contributed by atoms with E-state index < -0.39 is 30.0 Å². The Labute approximate surface area is 199 Å². The van der Waals surface area contributed by atoms with Crippen LogP contribution in [0.5, 0.6) is 0 Å². The fraction of sp³-hybridized carbons (Fsp3) is 0.423. The van der Waals surface area contributed by atoms with Gasteiger partial charge in [0.05, 0.1) is 17.9 Å². The number of fused-ring (bicyclic) bond motifs is 3. The molecule has 0 aromatic heterocycles. The first-order valence-corrected chi connectivity index (χ1v) is 11.6. The molecule has 2 aromatic rings. The van der Waals surface area contributed by atoms with Gasteiger partial charge in [0.25, 0.3) is 0 Å². The lowest BCUT2D eigenvalue weighted by atomic mass is 9.81. The molecule has 0 fully saturated rings. The van der Waals surface area contributed by atoms with Crippen LogP contribution in [-0.2, 0) is 14.3 Å². The molecule has 1 unspecified atom stereocenters. The second-order valence-electron chi connectivity index (χ2n) is 8.63. The van der Waals surface area contributed by atoms with Crippen LogP contribution in [0.25, 0.3) is 11.1 Å². The quantitative estimate of drug-likeness (QED) is 0.401. The number of carbonyl (C=O) groups is 3. The lowest BCUT2D eigenvalue weighted by Crippen LogP contribution is -2.49. The molecule has 8 nitrogen and oxygen atoms in total. The van der Waals surface area contributed by atoms with Crippen molar-refractivity contribution in [3.05, 3.63) is 59.7 Å². The number of rotatable bonds is 11. The molecule has 8 heteroatoms. The number of nitrogens with one attached hydrogen (secondary N) is 2. The highest BCUT2D eigenvalue weighted by Crippen LogP contribution is 2.44. The molecule has 2 amide bonds. The zero-order chi connectivity index (χ0) is 24.7. The zero-order valence-corrected chi connectivity index (χ0v) is 19.5. The van der Waals surface area contributed by atoms with Crippen LogP contribution in [0.1, 0.15) is 50.2 Å². The van der Waals surface area contributed by atoms with Gasteiger partial charge >= 0.3 is 12.1 Å². The van der Waals surface area contributed by atoms with Gasteiger partial charge in [0, 0.05) is 19.0 Å². The van der Waals surface area contributed by atoms with E-state index in [4.69, 9.17) is 9.84 Å². The molecule has 0 radical (unpaired) electrons. The summed E-state index contributed by atoms with van der Waals surface area (Å²) in [6.45, 7) is 3.76. The highest BCUT2D eigenvalue weighted by molar-refractivity contribution is 5.83. The number of benzene rings is 2. The summed E-state index contributed by atoms with van der Waals surface area (Å²) in [5, 5.41) is 23.8. The smallest absolute Gasteiger partial charge is 0.407 e. The number of aliphatic carboxylic acids is 1. The van der Waals surface area contributed by atoms with Crippen LogP contribution in [0.3, 0.4) is 0 Å². The standard InChI is InChI=1S/C26H32N2O6/c1-3-26(4-2,24(32)27-14-17(29)13-23(30)31)16-28-25(33)34-15-22-20-11-7-5-9-18(20)19-10-6-8-12-21(19)22/h5-12,17,22,29H,3-4,13-16H2,1-2H3,(H,27,32)(H,28,33)(H,30,31). The van der Waals surface area contributed by atoms with Gasteiger partial charge in [-0.1, -0.05) is 62.4 Å². The zero-order valence-electron chi connectivity index (χ0n) is 19.5. The van der Waals surface area contributed by atoms with Gasteiger partial charge in [-0.25, -0.2) is 4.79 Å². The number of alkyl carbamates (subject to hydrolysis) is 1. The SMILES string of the molecule is CCC(CC)(CNC(=O)OCC1c2ccccc2-c2ccccc21)C(=O)NCC(O)CC(=O)O. The first kappa shape index (κ1) is 25.2. The van der Waals surface area contributed by atoms with Crippen LogP contribution in [0.2, 0.25) is 0 Å². The van der Waals surface area contributed by atoms with Crippen molar-refractivity contribution in [3.63, 3.8) is 0 Å². The molecule has 1 atom stereocenters. The summed E-state index contributed by atoms with van der Waals surface area (Å²) in [7, 11) is 0. The summed E-state index contributed by atoms with van der Waals surface area (Å²) in [4.78, 5) is 36.1. The number of carboxylic acids is 1. The van der Waals surface area contributed by atoms with E-state index in [0.29, 0.717) is 12.8 Å². The summed E-state index contributed by atoms with van der Waals surface area (Å²) < 4.78 is 5.56. The molecule has 0 saturated heterocycles. The number of hydrogen-bond donors (Lipinski definition) is 4. The Kier molecular flexibility index (Phi) is 8.28. The minimum Gasteiger partial charge on any atom is -0.481 e. The Balaban J connectivity index is 1.58. The molecular formula is C26H32N2O6. The predicted molar refractivity (Wildman–Crippen MR) is 127 cm³/mol. The first-order chi connectivity index (χ1) is 16.3. The Hall–Kier alpha value is -3.39. The summed E-state index contributed by atoms with van der Waals surface area (Å²) in [6, 6.07) is 16.2. The molecule has 0 bridgehead atoms. The molecule has 2 aromatic carbocycles. The molecule has 3 rings (SSSR count). The van der Waals surface area contributed by atoms with E-state index in [0.717, 1.165) is 22.3 Å². The topological polar surface area (TPSA) is 125 Å². The first-order valence-electron chi connectivity index (χ1n) is 11.6. The number of hydrogen-bond acceptors (Lipinski definition) is 5. The molecule has 0 aliphatic heterocycles. The van der Waals surface area contributed by atoms with Crippen molar-refractivity contribution in [2.75, 3.05) is 19.7 Å². The summed E-state index contributed by atoms with van der Waals surface area (Å²) in [5.74, 6) is -1.55. The van der Waals surface area contributed by atoms with E-state index >= 15 is 0 Å². The van der Waals surface area contributed by atoms with Crippen LogP contribution < -0.4 is 10.6 Å². The van der Waals surface area contributed by atoms with Gasteiger partial charge in [0.1, 0.15) is 6.61 Å². The van der Waals surface area contributed by atoms with Gasteiger partial charge in [0.15, 0.2) is 0 Å². The lowest BCUT2D eigenvalue weighted by Gasteiger charge is -2.30. The molecule has 1 aliphatic carbocycles. The van der Waals surface area contributed by atoms with Crippen molar-refractivity contribution in [1.29, 1.82) is 0 Å². The maximum absolute atomic E-state index is 12.8. The van der Waals surface area contributed by atoms with E-state index in [1.807, 2.05) is 50.2 Å². The Morgan fingerprint density at radius 3 is 2.06 bits per heavy atom. The Morgan fingerprint density at radius 2 is 1.53 bits per heavy atom. The van der Waals surface area contributed by atoms with Crippen LogP contribution in [0.4, 0.5) is 4.79 Å². The molecule has 0 heterocycles. The molecule has 34 heavy (non-hydrogen) atoms. The number of aliphatic hydroxyl groups is 1. The normalized spacial score (nSPS) is 13.5. The molecule has 0 saturated carbocycles. The van der Waals surface area contributed by atoms with E-state index in [2.05, 4.69) is 22.8 Å². The van der Waals surface area contributed by atoms with Gasteiger partial charge in [0.2, 0.25) is 5.91 Å². The molecule has 4 N–H and O–H groups in total. The predicted octanol–water partition coefficient (Wildman–Crippen LogP) is 3.28. The number of aliphatic hydroxyl groups excluding tert-OH is 1. The van der Waals surface area contributed by atoms with Gasteiger partial charge in [-0.3, -0.25) is 9.59 Å². The molecule has 182 valence electrons. The van der Waals surface area contributed by atoms with E-state index in [-0.39, 0.29) is 31.5 Å². The van der Waals surface area contributed by atoms with E-state index in [1.165, 1.54) is 0 Å². The molecule has 0 spiro atoms. The van der Waals surface area contributed by atoms with Crippen LogP contribution >= 0.6 is 0 Å². The van der Waals surface area contributed by atoms with Crippen LogP contribution in [0, 0.1) is 5.41 Å². The third-order valence-electron chi connectivity index (χ3n) is 6.66.